The van der Waals surface area contributed by atoms with Crippen molar-refractivity contribution in [2.45, 2.75) is 12.8 Å². The van der Waals surface area contributed by atoms with Gasteiger partial charge in [0.05, 0.1) is 4.92 Å². The van der Waals surface area contributed by atoms with Crippen molar-refractivity contribution in [3.8, 4) is 0 Å². The fourth-order valence-electron chi connectivity index (χ4n) is 1.59. The number of benzene rings is 1. The second-order valence-electron chi connectivity index (χ2n) is 4.18. The van der Waals surface area contributed by atoms with Crippen LogP contribution >= 0.6 is 15.9 Å². The zero-order valence-corrected chi connectivity index (χ0v) is 12.3. The highest BCUT2D eigenvalue weighted by molar-refractivity contribution is 9.10. The average Bonchev–Trinajstić information content (AvgIpc) is 2.36. The Morgan fingerprint density at radius 3 is 2.60 bits per heavy atom. The lowest BCUT2D eigenvalue weighted by molar-refractivity contribution is -0.385. The fraction of sp³-hybridized carbons (Fsp3) is 0.333. The summed E-state index contributed by atoms with van der Waals surface area (Å²) in [5, 5.41) is 19.3. The SMILES string of the molecule is CN(CCCC(=O)O)C(=O)c1cc(Br)cc([N+](=O)[O-])c1. The smallest absolute Gasteiger partial charge is 0.303 e. The maximum absolute atomic E-state index is 12.1. The summed E-state index contributed by atoms with van der Waals surface area (Å²) >= 11 is 3.12. The molecule has 1 aromatic carbocycles. The van der Waals surface area contributed by atoms with Crippen LogP contribution in [0.25, 0.3) is 0 Å². The minimum absolute atomic E-state index is 0.0315. The van der Waals surface area contributed by atoms with Crippen molar-refractivity contribution < 1.29 is 19.6 Å². The van der Waals surface area contributed by atoms with E-state index in [1.165, 1.54) is 30.1 Å². The van der Waals surface area contributed by atoms with Gasteiger partial charge in [-0.3, -0.25) is 19.7 Å². The van der Waals surface area contributed by atoms with Crippen LogP contribution in [-0.2, 0) is 4.79 Å². The highest BCUT2D eigenvalue weighted by Crippen LogP contribution is 2.22. The first-order valence-corrected chi connectivity index (χ1v) is 6.53. The lowest BCUT2D eigenvalue weighted by atomic mass is 10.1. The maximum Gasteiger partial charge on any atom is 0.303 e. The molecule has 1 rings (SSSR count). The molecule has 0 aromatic heterocycles. The Kier molecular flexibility index (Phi) is 5.63. The van der Waals surface area contributed by atoms with Crippen LogP contribution < -0.4 is 0 Å². The van der Waals surface area contributed by atoms with Crippen LogP contribution in [0.15, 0.2) is 22.7 Å². The Morgan fingerprint density at radius 1 is 1.40 bits per heavy atom. The van der Waals surface area contributed by atoms with E-state index in [1.54, 1.807) is 0 Å². The maximum atomic E-state index is 12.1. The monoisotopic (exact) mass is 344 g/mol. The molecule has 0 heterocycles. The van der Waals surface area contributed by atoms with Gasteiger partial charge in [0.25, 0.3) is 11.6 Å². The second-order valence-corrected chi connectivity index (χ2v) is 5.09. The molecule has 0 spiro atoms. The van der Waals surface area contributed by atoms with E-state index < -0.39 is 10.9 Å². The summed E-state index contributed by atoms with van der Waals surface area (Å²) in [6, 6.07) is 3.99. The van der Waals surface area contributed by atoms with Crippen molar-refractivity contribution >= 4 is 33.5 Å². The molecule has 0 saturated carbocycles. The third-order valence-corrected chi connectivity index (χ3v) is 3.03. The summed E-state index contributed by atoms with van der Waals surface area (Å²) in [6.07, 6.45) is 0.296. The van der Waals surface area contributed by atoms with Gasteiger partial charge in [0, 0.05) is 42.2 Å². The molecular formula is C12H13BrN2O5. The van der Waals surface area contributed by atoms with Gasteiger partial charge < -0.3 is 10.0 Å². The van der Waals surface area contributed by atoms with Crippen LogP contribution in [0.2, 0.25) is 0 Å². The summed E-state index contributed by atoms with van der Waals surface area (Å²) < 4.78 is 0.439. The summed E-state index contributed by atoms with van der Waals surface area (Å²) in [4.78, 5) is 34.0. The Hall–Kier alpha value is -1.96. The number of nitro groups is 1. The molecule has 1 amide bonds. The van der Waals surface area contributed by atoms with Crippen molar-refractivity contribution in [2.75, 3.05) is 13.6 Å². The lowest BCUT2D eigenvalue weighted by Crippen LogP contribution is -2.28. The summed E-state index contributed by atoms with van der Waals surface area (Å²) in [5.41, 5.74) is 0.00515. The topological polar surface area (TPSA) is 101 Å². The average molecular weight is 345 g/mol. The minimum Gasteiger partial charge on any atom is -0.481 e. The third-order valence-electron chi connectivity index (χ3n) is 2.57. The fourth-order valence-corrected chi connectivity index (χ4v) is 2.07. The molecule has 0 fully saturated rings. The summed E-state index contributed by atoms with van der Waals surface area (Å²) in [7, 11) is 1.52. The Balaban J connectivity index is 2.80. The van der Waals surface area contributed by atoms with Crippen molar-refractivity contribution in [2.24, 2.45) is 0 Å². The molecule has 20 heavy (non-hydrogen) atoms. The van der Waals surface area contributed by atoms with Crippen molar-refractivity contribution in [1.82, 2.24) is 4.90 Å². The van der Waals surface area contributed by atoms with E-state index in [1.807, 2.05) is 0 Å². The Bertz CT molecular complexity index is 547. The zero-order valence-electron chi connectivity index (χ0n) is 10.7. The van der Waals surface area contributed by atoms with Crippen molar-refractivity contribution in [1.29, 1.82) is 0 Å². The van der Waals surface area contributed by atoms with Crippen LogP contribution in [0, 0.1) is 10.1 Å². The van der Waals surface area contributed by atoms with E-state index in [0.29, 0.717) is 10.9 Å². The van der Waals surface area contributed by atoms with Gasteiger partial charge in [0.2, 0.25) is 0 Å². The number of carbonyl (C=O) groups is 2. The first kappa shape index (κ1) is 16.1. The normalized spacial score (nSPS) is 10.1. The second kappa shape index (κ2) is 6.99. The number of non-ortho nitro benzene ring substituents is 1. The molecule has 0 atom stereocenters. The number of carboxylic acid groups (broad SMARTS) is 1. The predicted octanol–water partition coefficient (Wildman–Crippen LogP) is 2.29. The summed E-state index contributed by atoms with van der Waals surface area (Å²) in [6.45, 7) is 0.269. The quantitative estimate of drug-likeness (QED) is 0.630. The molecule has 0 bridgehead atoms. The van der Waals surface area contributed by atoms with E-state index in [4.69, 9.17) is 5.11 Å². The minimum atomic E-state index is -0.927. The van der Waals surface area contributed by atoms with Gasteiger partial charge in [-0.25, -0.2) is 0 Å². The van der Waals surface area contributed by atoms with Crippen LogP contribution in [0.4, 0.5) is 5.69 Å². The van der Waals surface area contributed by atoms with Gasteiger partial charge in [-0.2, -0.15) is 0 Å². The van der Waals surface area contributed by atoms with Crippen molar-refractivity contribution in [3.05, 3.63) is 38.3 Å². The molecule has 0 radical (unpaired) electrons. The number of aliphatic carboxylic acids is 1. The van der Waals surface area contributed by atoms with Gasteiger partial charge in [0.1, 0.15) is 0 Å². The van der Waals surface area contributed by atoms with E-state index in [0.717, 1.165) is 0 Å². The number of carbonyl (C=O) groups excluding carboxylic acids is 1. The number of halogens is 1. The highest BCUT2D eigenvalue weighted by atomic mass is 79.9. The number of carboxylic acids is 1. The molecule has 1 aromatic rings. The lowest BCUT2D eigenvalue weighted by Gasteiger charge is -2.16. The molecule has 8 heteroatoms. The first-order valence-electron chi connectivity index (χ1n) is 5.73. The van der Waals surface area contributed by atoms with Gasteiger partial charge in [-0.15, -0.1) is 0 Å². The molecule has 0 unspecified atom stereocenters. The van der Waals surface area contributed by atoms with E-state index in [-0.39, 0.29) is 30.1 Å². The van der Waals surface area contributed by atoms with Gasteiger partial charge >= 0.3 is 5.97 Å². The molecular weight excluding hydrogens is 332 g/mol. The Morgan fingerprint density at radius 2 is 2.05 bits per heavy atom. The van der Waals surface area contributed by atoms with Crippen LogP contribution in [0.1, 0.15) is 23.2 Å². The molecule has 0 saturated heterocycles. The Labute approximate surface area is 123 Å². The molecule has 1 N–H and O–H groups in total. The third kappa shape index (κ3) is 4.61. The van der Waals surface area contributed by atoms with Gasteiger partial charge in [-0.1, -0.05) is 15.9 Å². The number of amides is 1. The number of rotatable bonds is 6. The van der Waals surface area contributed by atoms with Gasteiger partial charge in [-0.05, 0) is 12.5 Å². The number of nitro benzene ring substituents is 1. The standard InChI is InChI=1S/C12H13BrN2O5/c1-14(4-2-3-11(16)17)12(18)8-5-9(13)7-10(6-8)15(19)20/h5-7H,2-4H2,1H3,(H,16,17). The number of nitrogens with zero attached hydrogens (tertiary/aromatic N) is 2. The molecule has 108 valence electrons. The van der Waals surface area contributed by atoms with E-state index >= 15 is 0 Å². The molecule has 0 aliphatic rings. The molecule has 0 aliphatic heterocycles. The van der Waals surface area contributed by atoms with Crippen molar-refractivity contribution in [3.63, 3.8) is 0 Å². The molecule has 7 nitrogen and oxygen atoms in total. The predicted molar refractivity (Wildman–Crippen MR) is 74.6 cm³/mol. The van der Waals surface area contributed by atoms with E-state index in [2.05, 4.69) is 15.9 Å². The highest BCUT2D eigenvalue weighted by Gasteiger charge is 2.17. The van der Waals surface area contributed by atoms with Crippen LogP contribution in [-0.4, -0.2) is 40.4 Å². The van der Waals surface area contributed by atoms with Crippen LogP contribution in [0.5, 0.6) is 0 Å². The zero-order chi connectivity index (χ0) is 15.3. The van der Waals surface area contributed by atoms with E-state index in [9.17, 15) is 19.7 Å². The largest absolute Gasteiger partial charge is 0.481 e. The molecule has 0 aliphatic carbocycles. The van der Waals surface area contributed by atoms with Gasteiger partial charge in [0.15, 0.2) is 0 Å². The van der Waals surface area contributed by atoms with Crippen LogP contribution in [0.3, 0.4) is 0 Å². The number of hydrogen-bond acceptors (Lipinski definition) is 4. The number of hydrogen-bond donors (Lipinski definition) is 1. The summed E-state index contributed by atoms with van der Waals surface area (Å²) in [5.74, 6) is -1.32. The first-order chi connectivity index (χ1) is 9.31.